The summed E-state index contributed by atoms with van der Waals surface area (Å²) in [7, 11) is 0. The van der Waals surface area contributed by atoms with Crippen LogP contribution in [0.3, 0.4) is 0 Å². The van der Waals surface area contributed by atoms with Crippen molar-refractivity contribution < 1.29 is 9.59 Å². The van der Waals surface area contributed by atoms with E-state index in [1.165, 1.54) is 5.56 Å². The number of amides is 3. The number of nitrogens with zero attached hydrogens (tertiary/aromatic N) is 5. The summed E-state index contributed by atoms with van der Waals surface area (Å²) in [5.74, 6) is 1.61. The highest BCUT2D eigenvalue weighted by molar-refractivity contribution is 5.94. The van der Waals surface area contributed by atoms with Gasteiger partial charge in [-0.3, -0.25) is 4.79 Å². The zero-order valence-corrected chi connectivity index (χ0v) is 17.1. The summed E-state index contributed by atoms with van der Waals surface area (Å²) in [6.45, 7) is 6.97. The second-order valence-electron chi connectivity index (χ2n) is 7.71. The van der Waals surface area contributed by atoms with Gasteiger partial charge in [-0.2, -0.15) is 5.10 Å². The Balaban J connectivity index is 1.32. The molecule has 3 heterocycles. The van der Waals surface area contributed by atoms with Crippen LogP contribution in [0.2, 0.25) is 0 Å². The summed E-state index contributed by atoms with van der Waals surface area (Å²) in [4.78, 5) is 33.6. The topological polar surface area (TPSA) is 83.4 Å². The lowest BCUT2D eigenvalue weighted by atomic mass is 10.1. The SMILES string of the molecule is CCc1ccc(C(=O)N2CCN(C(=O)NC3CCCn4nc(C)nc43)CC2)cc1. The minimum atomic E-state index is -0.103. The molecule has 1 saturated heterocycles. The molecule has 29 heavy (non-hydrogen) atoms. The van der Waals surface area contributed by atoms with Gasteiger partial charge in [-0.05, 0) is 43.9 Å². The number of hydrogen-bond donors (Lipinski definition) is 1. The average molecular weight is 396 g/mol. The Kier molecular flexibility index (Phi) is 5.51. The molecular weight excluding hydrogens is 368 g/mol. The number of urea groups is 1. The van der Waals surface area contributed by atoms with E-state index in [1.54, 1.807) is 4.90 Å². The summed E-state index contributed by atoms with van der Waals surface area (Å²) in [6.07, 6.45) is 2.80. The van der Waals surface area contributed by atoms with Crippen LogP contribution in [-0.4, -0.2) is 62.7 Å². The van der Waals surface area contributed by atoms with E-state index >= 15 is 0 Å². The van der Waals surface area contributed by atoms with Gasteiger partial charge in [-0.1, -0.05) is 19.1 Å². The van der Waals surface area contributed by atoms with Gasteiger partial charge in [0.1, 0.15) is 11.6 Å². The molecule has 0 radical (unpaired) electrons. The van der Waals surface area contributed by atoms with E-state index in [4.69, 9.17) is 0 Å². The summed E-state index contributed by atoms with van der Waals surface area (Å²) in [5.41, 5.74) is 1.92. The van der Waals surface area contributed by atoms with Gasteiger partial charge in [0.15, 0.2) is 0 Å². The van der Waals surface area contributed by atoms with E-state index in [-0.39, 0.29) is 18.0 Å². The van der Waals surface area contributed by atoms with Crippen molar-refractivity contribution in [3.63, 3.8) is 0 Å². The van der Waals surface area contributed by atoms with Gasteiger partial charge in [0, 0.05) is 38.3 Å². The van der Waals surface area contributed by atoms with E-state index in [0.29, 0.717) is 31.7 Å². The van der Waals surface area contributed by atoms with E-state index in [0.717, 1.165) is 37.5 Å². The maximum absolute atomic E-state index is 12.8. The van der Waals surface area contributed by atoms with Gasteiger partial charge in [0.05, 0.1) is 6.04 Å². The van der Waals surface area contributed by atoms with Crippen molar-refractivity contribution in [2.75, 3.05) is 26.2 Å². The number of benzene rings is 1. The number of hydrogen-bond acceptors (Lipinski definition) is 4. The number of fused-ring (bicyclic) bond motifs is 1. The second kappa shape index (κ2) is 8.23. The Labute approximate surface area is 170 Å². The van der Waals surface area contributed by atoms with Crippen molar-refractivity contribution >= 4 is 11.9 Å². The molecule has 8 nitrogen and oxygen atoms in total. The highest BCUT2D eigenvalue weighted by Gasteiger charge is 2.29. The van der Waals surface area contributed by atoms with Crippen LogP contribution in [0.4, 0.5) is 4.79 Å². The minimum Gasteiger partial charge on any atom is -0.335 e. The third-order valence-corrected chi connectivity index (χ3v) is 5.74. The summed E-state index contributed by atoms with van der Waals surface area (Å²) in [6, 6.07) is 7.59. The summed E-state index contributed by atoms with van der Waals surface area (Å²) >= 11 is 0. The molecule has 0 bridgehead atoms. The van der Waals surface area contributed by atoms with Crippen LogP contribution in [0.25, 0.3) is 0 Å². The maximum Gasteiger partial charge on any atom is 0.318 e. The smallest absolute Gasteiger partial charge is 0.318 e. The number of rotatable bonds is 3. The van der Waals surface area contributed by atoms with E-state index in [9.17, 15) is 9.59 Å². The fourth-order valence-corrected chi connectivity index (χ4v) is 4.02. The van der Waals surface area contributed by atoms with Crippen LogP contribution < -0.4 is 5.32 Å². The number of aryl methyl sites for hydroxylation is 3. The molecule has 1 atom stereocenters. The van der Waals surface area contributed by atoms with Crippen LogP contribution >= 0.6 is 0 Å². The van der Waals surface area contributed by atoms with Gasteiger partial charge < -0.3 is 15.1 Å². The van der Waals surface area contributed by atoms with Crippen LogP contribution in [0, 0.1) is 6.92 Å². The Hall–Kier alpha value is -2.90. The molecule has 4 rings (SSSR count). The van der Waals surface area contributed by atoms with Crippen molar-refractivity contribution in [1.29, 1.82) is 0 Å². The number of carbonyl (C=O) groups is 2. The molecule has 2 aromatic rings. The van der Waals surface area contributed by atoms with Crippen molar-refractivity contribution in [3.05, 3.63) is 47.0 Å². The summed E-state index contributed by atoms with van der Waals surface area (Å²) in [5, 5.41) is 7.49. The molecule has 1 aromatic heterocycles. The van der Waals surface area contributed by atoms with Crippen molar-refractivity contribution in [2.24, 2.45) is 0 Å². The molecule has 1 N–H and O–H groups in total. The number of piperazine rings is 1. The Morgan fingerprint density at radius 2 is 1.76 bits per heavy atom. The van der Waals surface area contributed by atoms with Crippen molar-refractivity contribution in [2.45, 2.75) is 45.7 Å². The van der Waals surface area contributed by atoms with Gasteiger partial charge in [0.2, 0.25) is 0 Å². The molecule has 1 aromatic carbocycles. The predicted octanol–water partition coefficient (Wildman–Crippen LogP) is 2.15. The second-order valence-corrected chi connectivity index (χ2v) is 7.71. The first-order chi connectivity index (χ1) is 14.0. The highest BCUT2D eigenvalue weighted by atomic mass is 16.2. The number of nitrogens with one attached hydrogen (secondary N) is 1. The zero-order valence-electron chi connectivity index (χ0n) is 17.1. The maximum atomic E-state index is 12.8. The molecule has 0 spiro atoms. The largest absolute Gasteiger partial charge is 0.335 e. The number of aromatic nitrogens is 3. The first-order valence-electron chi connectivity index (χ1n) is 10.4. The molecular formula is C21H28N6O2. The van der Waals surface area contributed by atoms with Gasteiger partial charge >= 0.3 is 6.03 Å². The molecule has 3 amide bonds. The first kappa shape index (κ1) is 19.4. The van der Waals surface area contributed by atoms with Crippen molar-refractivity contribution in [1.82, 2.24) is 29.9 Å². The third-order valence-electron chi connectivity index (χ3n) is 5.74. The molecule has 1 unspecified atom stereocenters. The van der Waals surface area contributed by atoms with Crippen molar-refractivity contribution in [3.8, 4) is 0 Å². The lowest BCUT2D eigenvalue weighted by Gasteiger charge is -2.36. The third kappa shape index (κ3) is 4.11. The molecule has 0 aliphatic carbocycles. The average Bonchev–Trinajstić information content (AvgIpc) is 3.14. The molecule has 0 saturated carbocycles. The van der Waals surface area contributed by atoms with Gasteiger partial charge in [-0.25, -0.2) is 14.5 Å². The molecule has 8 heteroatoms. The van der Waals surface area contributed by atoms with Crippen LogP contribution in [-0.2, 0) is 13.0 Å². The van der Waals surface area contributed by atoms with Crippen LogP contribution in [0.15, 0.2) is 24.3 Å². The monoisotopic (exact) mass is 396 g/mol. The molecule has 1 fully saturated rings. The Morgan fingerprint density at radius 3 is 2.45 bits per heavy atom. The zero-order chi connectivity index (χ0) is 20.4. The van der Waals surface area contributed by atoms with E-state index in [2.05, 4.69) is 22.3 Å². The van der Waals surface area contributed by atoms with E-state index in [1.807, 2.05) is 40.8 Å². The molecule has 2 aliphatic rings. The Bertz CT molecular complexity index is 883. The fraction of sp³-hybridized carbons (Fsp3) is 0.524. The lowest BCUT2D eigenvalue weighted by molar-refractivity contribution is 0.0662. The molecule has 154 valence electrons. The first-order valence-corrected chi connectivity index (χ1v) is 10.4. The number of carbonyl (C=O) groups excluding carboxylic acids is 2. The normalized spacial score (nSPS) is 19.0. The Morgan fingerprint density at radius 1 is 1.07 bits per heavy atom. The van der Waals surface area contributed by atoms with Crippen LogP contribution in [0.5, 0.6) is 0 Å². The van der Waals surface area contributed by atoms with Crippen LogP contribution in [0.1, 0.15) is 53.4 Å². The summed E-state index contributed by atoms with van der Waals surface area (Å²) < 4.78 is 1.89. The molecule has 2 aliphatic heterocycles. The highest BCUT2D eigenvalue weighted by Crippen LogP contribution is 2.23. The van der Waals surface area contributed by atoms with E-state index < -0.39 is 0 Å². The standard InChI is InChI=1S/C21H28N6O2/c1-3-16-6-8-17(9-7-16)20(28)25-11-13-26(14-12-25)21(29)23-18-5-4-10-27-19(18)22-15(2)24-27/h6-9,18H,3-5,10-14H2,1-2H3,(H,23,29). The minimum absolute atomic E-state index is 0.0311. The predicted molar refractivity (Wildman–Crippen MR) is 109 cm³/mol. The van der Waals surface area contributed by atoms with Gasteiger partial charge in [0.25, 0.3) is 5.91 Å². The lowest BCUT2D eigenvalue weighted by Crippen LogP contribution is -2.53. The quantitative estimate of drug-likeness (QED) is 0.862. The fourth-order valence-electron chi connectivity index (χ4n) is 4.02. The van der Waals surface area contributed by atoms with Gasteiger partial charge in [-0.15, -0.1) is 0 Å².